The molecule has 0 aromatic carbocycles. The molecule has 0 unspecified atom stereocenters. The van der Waals surface area contributed by atoms with Gasteiger partial charge in [0.2, 0.25) is 17.7 Å². The van der Waals surface area contributed by atoms with Crippen molar-refractivity contribution in [3.05, 3.63) is 36.5 Å². The van der Waals surface area contributed by atoms with Crippen LogP contribution in [-0.2, 0) is 52.0 Å². The fraction of sp³-hybridized carbons (Fsp3) is 0.607. The van der Waals surface area contributed by atoms with Gasteiger partial charge in [-0.3, -0.25) is 14.4 Å². The third-order valence-electron chi connectivity index (χ3n) is 6.94. The van der Waals surface area contributed by atoms with Crippen molar-refractivity contribution in [1.82, 2.24) is 15.1 Å². The molecule has 0 bridgehead atoms. The number of esters is 2. The average molecular weight is 693 g/mol. The molecule has 253 valence electrons. The van der Waals surface area contributed by atoms with Gasteiger partial charge in [0, 0.05) is 75.2 Å². The van der Waals surface area contributed by atoms with E-state index < -0.39 is 54.1 Å². The van der Waals surface area contributed by atoms with E-state index >= 15 is 0 Å². The number of likely N-dealkylation sites (tertiary alicyclic amines) is 2. The molecule has 3 saturated heterocycles. The van der Waals surface area contributed by atoms with E-state index in [4.69, 9.17) is 0 Å². The molecule has 3 aliphatic heterocycles. The minimum Gasteiger partial charge on any atom is -0.467 e. The molecule has 3 amide bonds. The first-order chi connectivity index (χ1) is 20.7. The predicted molar refractivity (Wildman–Crippen MR) is 144 cm³/mol. The zero-order chi connectivity index (χ0) is 33.6. The summed E-state index contributed by atoms with van der Waals surface area (Å²) in [6.45, 7) is 4.12. The van der Waals surface area contributed by atoms with Gasteiger partial charge in [0.1, 0.15) is 12.1 Å². The second-order valence-corrected chi connectivity index (χ2v) is 10.1. The Kier molecular flexibility index (Phi) is 19.2. The molecule has 45 heavy (non-hydrogen) atoms. The zero-order valence-corrected chi connectivity index (χ0v) is 26.6. The van der Waals surface area contributed by atoms with Crippen LogP contribution in [0.2, 0.25) is 0 Å². The number of carbonyl (C=O) groups is 5. The monoisotopic (exact) mass is 692 g/mol. The van der Waals surface area contributed by atoms with Crippen LogP contribution in [0.15, 0.2) is 36.5 Å². The van der Waals surface area contributed by atoms with E-state index in [1.54, 1.807) is 13.8 Å². The standard InChI is InChI=1S/2C11H15F2NO3.C6H7F2NO.V/c2*1-3-8(11(16)17-2)14-6-7(4-9(12)13)5-10(14)15;7-5(8)1-4-2-6(10)9-3-4;/h2*4,7-8H,3,5-6H2,1-2H3;1,4H,2-3H2,(H,9,10);/t7-,8+;7-,8-;4-;/m111./s1. The van der Waals surface area contributed by atoms with Crippen molar-refractivity contribution in [2.75, 3.05) is 33.9 Å². The second-order valence-electron chi connectivity index (χ2n) is 10.1. The molecule has 0 spiro atoms. The Labute approximate surface area is 269 Å². The van der Waals surface area contributed by atoms with Crippen LogP contribution in [0.1, 0.15) is 46.0 Å². The van der Waals surface area contributed by atoms with Crippen molar-refractivity contribution in [3.8, 4) is 0 Å². The van der Waals surface area contributed by atoms with E-state index in [9.17, 15) is 50.3 Å². The topological polar surface area (TPSA) is 122 Å². The second kappa shape index (κ2) is 20.7. The smallest absolute Gasteiger partial charge is 0.328 e. The molecular formula is C28H37F6N3O7V. The van der Waals surface area contributed by atoms with E-state index in [1.807, 2.05) is 0 Å². The average Bonchev–Trinajstić information content (AvgIpc) is 3.62. The minimum atomic E-state index is -1.80. The fourth-order valence-corrected chi connectivity index (χ4v) is 4.93. The molecule has 0 aliphatic carbocycles. The van der Waals surface area contributed by atoms with Crippen LogP contribution in [0, 0.1) is 17.8 Å². The van der Waals surface area contributed by atoms with Crippen molar-refractivity contribution < 1.29 is 78.3 Å². The molecular weight excluding hydrogens is 655 g/mol. The van der Waals surface area contributed by atoms with E-state index in [0.717, 1.165) is 18.2 Å². The number of carbonyl (C=O) groups excluding carboxylic acids is 5. The Bertz CT molecular complexity index is 1060. The van der Waals surface area contributed by atoms with Gasteiger partial charge in [0.25, 0.3) is 18.2 Å². The summed E-state index contributed by atoms with van der Waals surface area (Å²) in [6, 6.07) is -1.35. The molecule has 3 rings (SSSR count). The molecule has 3 heterocycles. The summed E-state index contributed by atoms with van der Waals surface area (Å²) in [6.07, 6.45) is -1.90. The summed E-state index contributed by atoms with van der Waals surface area (Å²) in [5.74, 6) is -3.09. The number of nitrogens with one attached hydrogen (secondary N) is 1. The van der Waals surface area contributed by atoms with E-state index in [1.165, 1.54) is 24.0 Å². The molecule has 17 heteroatoms. The van der Waals surface area contributed by atoms with Gasteiger partial charge in [-0.2, -0.15) is 26.3 Å². The molecule has 10 nitrogen and oxygen atoms in total. The molecule has 1 radical (unpaired) electrons. The summed E-state index contributed by atoms with van der Waals surface area (Å²) < 4.78 is 80.6. The van der Waals surface area contributed by atoms with Crippen LogP contribution < -0.4 is 5.32 Å². The van der Waals surface area contributed by atoms with Gasteiger partial charge >= 0.3 is 11.9 Å². The minimum absolute atomic E-state index is 0. The molecule has 5 atom stereocenters. The number of methoxy groups -OCH3 is 2. The molecule has 3 fully saturated rings. The number of amides is 3. The molecule has 0 saturated carbocycles. The van der Waals surface area contributed by atoms with Gasteiger partial charge in [-0.25, -0.2) is 9.59 Å². The van der Waals surface area contributed by atoms with E-state index in [0.29, 0.717) is 19.4 Å². The van der Waals surface area contributed by atoms with E-state index in [2.05, 4.69) is 14.8 Å². The quantitative estimate of drug-likeness (QED) is 0.286. The Balaban J connectivity index is 0.000000660. The van der Waals surface area contributed by atoms with Gasteiger partial charge in [-0.05, 0) is 31.1 Å². The first kappa shape index (κ1) is 41.7. The Morgan fingerprint density at radius 1 is 0.733 bits per heavy atom. The Hall–Kier alpha value is -3.27. The maximum absolute atomic E-state index is 12.1. The maximum Gasteiger partial charge on any atom is 0.328 e. The number of hydrogen-bond donors (Lipinski definition) is 1. The van der Waals surface area contributed by atoms with Crippen molar-refractivity contribution in [2.24, 2.45) is 17.8 Å². The largest absolute Gasteiger partial charge is 0.467 e. The molecule has 0 aromatic heterocycles. The summed E-state index contributed by atoms with van der Waals surface area (Å²) in [7, 11) is 2.48. The number of ether oxygens (including phenoxy) is 2. The number of rotatable bonds is 9. The van der Waals surface area contributed by atoms with Crippen molar-refractivity contribution in [2.45, 2.75) is 58.0 Å². The third kappa shape index (κ3) is 14.1. The van der Waals surface area contributed by atoms with Gasteiger partial charge in [-0.15, -0.1) is 0 Å². The Morgan fingerprint density at radius 3 is 1.36 bits per heavy atom. The number of hydrogen-bond acceptors (Lipinski definition) is 7. The third-order valence-corrected chi connectivity index (χ3v) is 6.94. The molecule has 1 N–H and O–H groups in total. The van der Waals surface area contributed by atoms with Gasteiger partial charge < -0.3 is 24.6 Å². The molecule has 3 aliphatic rings. The molecule has 0 aromatic rings. The van der Waals surface area contributed by atoms with Crippen molar-refractivity contribution >= 4 is 29.7 Å². The Morgan fingerprint density at radius 2 is 1.09 bits per heavy atom. The van der Waals surface area contributed by atoms with Crippen LogP contribution in [0.3, 0.4) is 0 Å². The van der Waals surface area contributed by atoms with Crippen LogP contribution in [-0.4, -0.2) is 85.4 Å². The van der Waals surface area contributed by atoms with Crippen molar-refractivity contribution in [3.63, 3.8) is 0 Å². The van der Waals surface area contributed by atoms with Crippen LogP contribution >= 0.6 is 0 Å². The first-order valence-electron chi connectivity index (χ1n) is 13.8. The number of halogens is 6. The summed E-state index contributed by atoms with van der Waals surface area (Å²) >= 11 is 0. The first-order valence-corrected chi connectivity index (χ1v) is 13.8. The van der Waals surface area contributed by atoms with E-state index in [-0.39, 0.29) is 74.5 Å². The summed E-state index contributed by atoms with van der Waals surface area (Å²) in [5, 5.41) is 2.46. The van der Waals surface area contributed by atoms with Gasteiger partial charge in [-0.1, -0.05) is 13.8 Å². The predicted octanol–water partition coefficient (Wildman–Crippen LogP) is 4.03. The van der Waals surface area contributed by atoms with Gasteiger partial charge in [0.05, 0.1) is 14.2 Å². The normalized spacial score (nSPS) is 21.5. The van der Waals surface area contributed by atoms with Crippen LogP contribution in [0.25, 0.3) is 0 Å². The van der Waals surface area contributed by atoms with Crippen LogP contribution in [0.5, 0.6) is 0 Å². The van der Waals surface area contributed by atoms with Crippen molar-refractivity contribution in [1.29, 1.82) is 0 Å². The van der Waals surface area contributed by atoms with Gasteiger partial charge in [0.15, 0.2) is 0 Å². The zero-order valence-electron chi connectivity index (χ0n) is 25.2. The summed E-state index contributed by atoms with van der Waals surface area (Å²) in [5.41, 5.74) is 0. The fourth-order valence-electron chi connectivity index (χ4n) is 4.93. The summed E-state index contributed by atoms with van der Waals surface area (Å²) in [4.78, 5) is 59.2. The maximum atomic E-state index is 12.1. The van der Waals surface area contributed by atoms with Crippen LogP contribution in [0.4, 0.5) is 26.3 Å². The SMILES string of the molecule is CC[C@@H](C(=O)OC)N1C[C@H](C=C(F)F)CC1=O.CC[C@H](C(=O)OC)N1C[C@H](C=C(F)F)CC1=O.O=C1C[C@@H](C=C(F)F)CN1.[V]. The number of nitrogens with zero attached hydrogens (tertiary/aromatic N) is 2.